The predicted octanol–water partition coefficient (Wildman–Crippen LogP) is 1.26. The van der Waals surface area contributed by atoms with Gasteiger partial charge in [0, 0.05) is 0 Å². The molecule has 3 N–H and O–H groups in total. The molecule has 0 radical (unpaired) electrons. The molecular weight excluding hydrogens is 220 g/mol. The van der Waals surface area contributed by atoms with Crippen molar-refractivity contribution in [2.45, 2.75) is 5.50 Å². The summed E-state index contributed by atoms with van der Waals surface area (Å²) in [5, 5.41) is 8.52. The highest BCUT2D eigenvalue weighted by atomic mass is 35.5. The molecule has 0 fully saturated rings. The molecule has 0 aliphatic rings. The van der Waals surface area contributed by atoms with Crippen LogP contribution in [-0.4, -0.2) is 23.7 Å². The Morgan fingerprint density at radius 3 is 2.80 bits per heavy atom. The third-order valence-corrected chi connectivity index (χ3v) is 1.95. The maximum Gasteiger partial charge on any atom is 0.337 e. The van der Waals surface area contributed by atoms with Crippen molar-refractivity contribution in [3.63, 3.8) is 0 Å². The number of carbonyl (C=O) groups is 1. The molecule has 1 aromatic rings. The highest BCUT2D eigenvalue weighted by Gasteiger charge is 2.12. The van der Waals surface area contributed by atoms with Crippen LogP contribution in [0.2, 0.25) is 0 Å². The number of alkyl halides is 1. The number of rotatable bonds is 5. The van der Waals surface area contributed by atoms with E-state index in [1.54, 1.807) is 24.3 Å². The van der Waals surface area contributed by atoms with Crippen LogP contribution < -0.4 is 15.6 Å². The average molecular weight is 231 g/mol. The van der Waals surface area contributed by atoms with Gasteiger partial charge in [-0.05, 0) is 12.1 Å². The second kappa shape index (κ2) is 5.43. The van der Waals surface area contributed by atoms with Crippen molar-refractivity contribution in [2.75, 3.05) is 12.5 Å². The lowest BCUT2D eigenvalue weighted by Crippen LogP contribution is -2.35. The summed E-state index contributed by atoms with van der Waals surface area (Å²) >= 11 is 5.45. The first-order valence-corrected chi connectivity index (χ1v) is 4.60. The number of anilines is 1. The van der Waals surface area contributed by atoms with E-state index < -0.39 is 11.5 Å². The molecular formula is C9H11ClN2O3. The third-order valence-electron chi connectivity index (χ3n) is 1.66. The molecule has 15 heavy (non-hydrogen) atoms. The first-order valence-electron chi connectivity index (χ1n) is 4.16. The second-order valence-corrected chi connectivity index (χ2v) is 3.11. The Morgan fingerprint density at radius 2 is 2.20 bits per heavy atom. The van der Waals surface area contributed by atoms with Crippen molar-refractivity contribution in [3.8, 4) is 5.75 Å². The lowest BCUT2D eigenvalue weighted by Gasteiger charge is -2.13. The largest absolute Gasteiger partial charge is 0.495 e. The molecule has 1 atom stereocenters. The van der Waals surface area contributed by atoms with Crippen LogP contribution in [0, 0.1) is 0 Å². The van der Waals surface area contributed by atoms with Crippen LogP contribution in [0.3, 0.4) is 0 Å². The van der Waals surface area contributed by atoms with Gasteiger partial charge in [0.25, 0.3) is 0 Å². The second-order valence-electron chi connectivity index (χ2n) is 2.67. The van der Waals surface area contributed by atoms with Gasteiger partial charge in [0.2, 0.25) is 0 Å². The molecule has 0 saturated heterocycles. The smallest absolute Gasteiger partial charge is 0.337 e. The molecule has 0 bridgehead atoms. The van der Waals surface area contributed by atoms with Gasteiger partial charge in [-0.15, -0.1) is 0 Å². The fraction of sp³-hybridized carbons (Fsp3) is 0.222. The van der Waals surface area contributed by atoms with Gasteiger partial charge in [-0.25, -0.2) is 10.2 Å². The number of aliphatic carboxylic acids is 1. The summed E-state index contributed by atoms with van der Waals surface area (Å²) in [6, 6.07) is 7.07. The lowest BCUT2D eigenvalue weighted by molar-refractivity contribution is -0.137. The van der Waals surface area contributed by atoms with Gasteiger partial charge in [-0.1, -0.05) is 23.7 Å². The van der Waals surface area contributed by atoms with E-state index in [-0.39, 0.29) is 0 Å². The molecule has 1 aromatic carbocycles. The monoisotopic (exact) mass is 230 g/mol. The first-order chi connectivity index (χ1) is 7.15. The predicted molar refractivity (Wildman–Crippen MR) is 57.0 cm³/mol. The van der Waals surface area contributed by atoms with Gasteiger partial charge in [-0.3, -0.25) is 0 Å². The maximum atomic E-state index is 10.4. The molecule has 0 aliphatic carbocycles. The number of nitrogens with one attached hydrogen (secondary N) is 2. The number of methoxy groups -OCH3 is 1. The molecule has 0 spiro atoms. The van der Waals surface area contributed by atoms with E-state index in [1.165, 1.54) is 7.11 Å². The Bertz CT molecular complexity index is 346. The van der Waals surface area contributed by atoms with Crippen LogP contribution in [-0.2, 0) is 4.79 Å². The van der Waals surface area contributed by atoms with E-state index in [0.29, 0.717) is 11.4 Å². The Morgan fingerprint density at radius 1 is 1.53 bits per heavy atom. The van der Waals surface area contributed by atoms with Gasteiger partial charge < -0.3 is 15.3 Å². The van der Waals surface area contributed by atoms with Gasteiger partial charge in [0.15, 0.2) is 5.50 Å². The number of hydrazine groups is 1. The maximum absolute atomic E-state index is 10.4. The molecule has 1 unspecified atom stereocenters. The Labute approximate surface area is 92.0 Å². The minimum atomic E-state index is -1.20. The molecule has 0 aromatic heterocycles. The summed E-state index contributed by atoms with van der Waals surface area (Å²) in [6.07, 6.45) is 0. The molecule has 0 saturated carbocycles. The van der Waals surface area contributed by atoms with Crippen LogP contribution in [0.25, 0.3) is 0 Å². The summed E-state index contributed by atoms with van der Waals surface area (Å²) in [6.45, 7) is 0. The van der Waals surface area contributed by atoms with Crippen molar-refractivity contribution in [3.05, 3.63) is 24.3 Å². The molecule has 5 nitrogen and oxygen atoms in total. The van der Waals surface area contributed by atoms with Crippen molar-refractivity contribution in [1.82, 2.24) is 5.43 Å². The van der Waals surface area contributed by atoms with Crippen molar-refractivity contribution in [1.29, 1.82) is 0 Å². The van der Waals surface area contributed by atoms with Gasteiger partial charge in [-0.2, -0.15) is 0 Å². The summed E-state index contributed by atoms with van der Waals surface area (Å²) in [5.41, 5.74) is 4.48. The summed E-state index contributed by atoms with van der Waals surface area (Å²) in [4.78, 5) is 10.4. The fourth-order valence-electron chi connectivity index (χ4n) is 0.951. The van der Waals surface area contributed by atoms with E-state index in [1.807, 2.05) is 0 Å². The molecule has 0 aliphatic heterocycles. The van der Waals surface area contributed by atoms with E-state index in [4.69, 9.17) is 21.4 Å². The zero-order chi connectivity index (χ0) is 11.3. The summed E-state index contributed by atoms with van der Waals surface area (Å²) in [7, 11) is 1.52. The van der Waals surface area contributed by atoms with Gasteiger partial charge in [0.1, 0.15) is 5.75 Å². The topological polar surface area (TPSA) is 70.6 Å². The SMILES string of the molecule is COc1ccccc1NNC(Cl)C(=O)O. The van der Waals surface area contributed by atoms with E-state index in [2.05, 4.69) is 10.9 Å². The zero-order valence-electron chi connectivity index (χ0n) is 8.03. The molecule has 6 heteroatoms. The quantitative estimate of drug-likeness (QED) is 0.404. The van der Waals surface area contributed by atoms with Crippen molar-refractivity contribution in [2.24, 2.45) is 0 Å². The number of hydrogen-bond acceptors (Lipinski definition) is 4. The minimum Gasteiger partial charge on any atom is -0.495 e. The highest BCUT2D eigenvalue weighted by molar-refractivity contribution is 6.29. The molecule has 0 heterocycles. The van der Waals surface area contributed by atoms with Crippen molar-refractivity contribution >= 4 is 23.3 Å². The van der Waals surface area contributed by atoms with Gasteiger partial charge in [0.05, 0.1) is 12.8 Å². The zero-order valence-corrected chi connectivity index (χ0v) is 8.78. The number of carboxylic acid groups (broad SMARTS) is 1. The molecule has 1 rings (SSSR count). The highest BCUT2D eigenvalue weighted by Crippen LogP contribution is 2.22. The minimum absolute atomic E-state index is 0.597. The van der Waals surface area contributed by atoms with Gasteiger partial charge >= 0.3 is 5.97 Å². The normalized spacial score (nSPS) is 11.9. The number of hydrogen-bond donors (Lipinski definition) is 3. The fourth-order valence-corrected chi connectivity index (χ4v) is 1.01. The number of halogens is 1. The van der Waals surface area contributed by atoms with Crippen molar-refractivity contribution < 1.29 is 14.6 Å². The Balaban J connectivity index is 2.60. The first kappa shape index (κ1) is 11.6. The van der Waals surface area contributed by atoms with E-state index in [0.717, 1.165) is 0 Å². The standard InChI is InChI=1S/C9H11ClN2O3/c1-15-7-5-3-2-4-6(7)11-12-8(10)9(13)14/h2-5,8,11-12H,1H3,(H,13,14). The molecule has 0 amide bonds. The van der Waals surface area contributed by atoms with Crippen LogP contribution >= 0.6 is 11.6 Å². The number of carboxylic acids is 1. The lowest BCUT2D eigenvalue weighted by atomic mass is 10.3. The van der Waals surface area contributed by atoms with Crippen LogP contribution in [0.5, 0.6) is 5.75 Å². The summed E-state index contributed by atoms with van der Waals surface area (Å²) in [5.74, 6) is -0.557. The van der Waals surface area contributed by atoms with Crippen LogP contribution in [0.1, 0.15) is 0 Å². The number of benzene rings is 1. The Kier molecular flexibility index (Phi) is 4.20. The van der Waals surface area contributed by atoms with E-state index in [9.17, 15) is 4.79 Å². The number of para-hydroxylation sites is 2. The van der Waals surface area contributed by atoms with Crippen LogP contribution in [0.15, 0.2) is 24.3 Å². The third kappa shape index (κ3) is 3.30. The van der Waals surface area contributed by atoms with Crippen LogP contribution in [0.4, 0.5) is 5.69 Å². The summed E-state index contributed by atoms with van der Waals surface area (Å²) < 4.78 is 5.05. The van der Waals surface area contributed by atoms with E-state index >= 15 is 0 Å². The number of ether oxygens (including phenoxy) is 1. The Hall–Kier alpha value is -1.46. The average Bonchev–Trinajstić information content (AvgIpc) is 2.26. The molecule has 82 valence electrons.